The van der Waals surface area contributed by atoms with Crippen LogP contribution < -0.4 is 10.6 Å². The van der Waals surface area contributed by atoms with E-state index in [-0.39, 0.29) is 0 Å². The summed E-state index contributed by atoms with van der Waals surface area (Å²) < 4.78 is 8.92. The van der Waals surface area contributed by atoms with Gasteiger partial charge in [-0.2, -0.15) is 0 Å². The maximum Gasteiger partial charge on any atom is 0.165 e. The van der Waals surface area contributed by atoms with Crippen molar-refractivity contribution in [3.8, 4) is 45.0 Å². The number of aromatic nitrogens is 3. The average Bonchev–Trinajstić information content (AvgIpc) is 3.77. The molecule has 6 aromatic carbocycles. The first-order valence-electron chi connectivity index (χ1n) is 16.9. The highest BCUT2D eigenvalue weighted by molar-refractivity contribution is 7.26. The third kappa shape index (κ3) is 4.86. The zero-order chi connectivity index (χ0) is 33.0. The molecule has 3 aromatic heterocycles. The van der Waals surface area contributed by atoms with Crippen molar-refractivity contribution in [3.05, 3.63) is 162 Å². The van der Waals surface area contributed by atoms with Crippen LogP contribution in [0.4, 0.5) is 0 Å². The van der Waals surface area contributed by atoms with Crippen molar-refractivity contribution in [2.45, 2.75) is 12.8 Å². The van der Waals surface area contributed by atoms with E-state index in [1.54, 1.807) is 11.3 Å². The van der Waals surface area contributed by atoms with E-state index in [1.807, 2.05) is 24.3 Å². The van der Waals surface area contributed by atoms with Crippen molar-refractivity contribution >= 4 is 54.1 Å². The Morgan fingerprint density at radius 2 is 1.14 bits per heavy atom. The monoisotopic (exact) mass is 659 g/mol. The van der Waals surface area contributed by atoms with Gasteiger partial charge in [0, 0.05) is 47.5 Å². The van der Waals surface area contributed by atoms with Gasteiger partial charge in [0.2, 0.25) is 0 Å². The molecule has 0 bridgehead atoms. The number of thiophene rings is 1. The van der Waals surface area contributed by atoms with Crippen molar-refractivity contribution in [2.24, 2.45) is 0 Å². The number of hydrogen-bond acceptors (Lipinski definition) is 5. The molecule has 9 aromatic rings. The van der Waals surface area contributed by atoms with Crippen molar-refractivity contribution < 1.29 is 4.42 Å². The van der Waals surface area contributed by atoms with Crippen molar-refractivity contribution in [1.29, 1.82) is 0 Å². The first-order chi connectivity index (χ1) is 24.8. The van der Waals surface area contributed by atoms with Crippen LogP contribution in [0.25, 0.3) is 87.8 Å². The molecule has 1 aliphatic carbocycles. The van der Waals surface area contributed by atoms with Gasteiger partial charge in [0.05, 0.1) is 0 Å². The highest BCUT2D eigenvalue weighted by Gasteiger charge is 2.21. The lowest BCUT2D eigenvalue weighted by Gasteiger charge is -2.12. The van der Waals surface area contributed by atoms with Gasteiger partial charge < -0.3 is 4.42 Å². The zero-order valence-corrected chi connectivity index (χ0v) is 27.8. The molecule has 0 N–H and O–H groups in total. The average molecular weight is 660 g/mol. The lowest BCUT2D eigenvalue weighted by atomic mass is 9.97. The van der Waals surface area contributed by atoms with Crippen LogP contribution in [0.15, 0.2) is 150 Å². The number of fused-ring (bicyclic) bond motifs is 6. The fourth-order valence-corrected chi connectivity index (χ4v) is 8.42. The number of nitrogens with zero attached hydrogens (tertiary/aromatic N) is 3. The molecule has 0 spiro atoms. The molecule has 0 atom stereocenters. The second kappa shape index (κ2) is 11.8. The third-order valence-corrected chi connectivity index (χ3v) is 10.9. The molecule has 3 heterocycles. The summed E-state index contributed by atoms with van der Waals surface area (Å²) in [4.78, 5) is 15.6. The summed E-state index contributed by atoms with van der Waals surface area (Å²) in [7, 11) is 0. The Balaban J connectivity index is 1.17. The number of benzene rings is 6. The second-order valence-electron chi connectivity index (χ2n) is 12.7. The number of furan rings is 1. The van der Waals surface area contributed by atoms with E-state index in [4.69, 9.17) is 19.4 Å². The standard InChI is InChI=1S/C45H29N3OS/c1-3-11-28(12-4-1)29-21-23-30(24-22-29)32-25-26-38-37(27-32)41-35(17-10-19-39(41)49-38)44-46-43(31-13-5-2-6-14-31)47-45(48-44)36-18-9-16-34-33-15-7-8-20-40(33)50-42(34)36/h1-9,11-16,18-27H,10,17H2. The van der Waals surface area contributed by atoms with E-state index < -0.39 is 0 Å². The molecule has 10 rings (SSSR count). The first-order valence-corrected chi connectivity index (χ1v) is 17.7. The maximum atomic E-state index is 6.49. The summed E-state index contributed by atoms with van der Waals surface area (Å²) >= 11 is 1.79. The molecule has 50 heavy (non-hydrogen) atoms. The molecule has 236 valence electrons. The minimum atomic E-state index is 0.666. The molecule has 0 unspecified atom stereocenters. The highest BCUT2D eigenvalue weighted by atomic mass is 32.1. The summed E-state index contributed by atoms with van der Waals surface area (Å²) in [5.41, 5.74) is 9.53. The second-order valence-corrected chi connectivity index (χ2v) is 13.7. The molecule has 0 saturated carbocycles. The van der Waals surface area contributed by atoms with Gasteiger partial charge in [-0.05, 0) is 65.4 Å². The Morgan fingerprint density at radius 3 is 1.96 bits per heavy atom. The lowest BCUT2D eigenvalue weighted by molar-refractivity contribution is 0.571. The van der Waals surface area contributed by atoms with Gasteiger partial charge in [0.15, 0.2) is 17.5 Å². The van der Waals surface area contributed by atoms with Gasteiger partial charge in [-0.1, -0.05) is 121 Å². The Bertz CT molecular complexity index is 2850. The van der Waals surface area contributed by atoms with Gasteiger partial charge >= 0.3 is 0 Å². The van der Waals surface area contributed by atoms with Gasteiger partial charge in [0.25, 0.3) is 0 Å². The SMILES string of the molecule is C1=c2oc3ccc(-c4ccc(-c5ccccc5)cc4)cc3c2=C(c2nc(-c3ccccc3)nc(-c3cccc4c3sc3ccccc34)n2)CC1. The molecule has 0 saturated heterocycles. The van der Waals surface area contributed by atoms with Crippen LogP contribution in [0.5, 0.6) is 0 Å². The van der Waals surface area contributed by atoms with E-state index in [1.165, 1.54) is 31.3 Å². The van der Waals surface area contributed by atoms with Gasteiger partial charge in [-0.25, -0.2) is 15.0 Å². The Labute approximate surface area is 292 Å². The summed E-state index contributed by atoms with van der Waals surface area (Å²) in [5.74, 6) is 2.04. The largest absolute Gasteiger partial charge is 0.456 e. The first kappa shape index (κ1) is 28.8. The molecule has 0 aliphatic heterocycles. The fourth-order valence-electron chi connectivity index (χ4n) is 7.20. The van der Waals surface area contributed by atoms with E-state index in [0.29, 0.717) is 17.5 Å². The van der Waals surface area contributed by atoms with Crippen molar-refractivity contribution in [3.63, 3.8) is 0 Å². The van der Waals surface area contributed by atoms with Crippen LogP contribution in [0.1, 0.15) is 18.7 Å². The molecule has 0 amide bonds. The van der Waals surface area contributed by atoms with Crippen LogP contribution in [-0.4, -0.2) is 15.0 Å². The van der Waals surface area contributed by atoms with Crippen LogP contribution in [-0.2, 0) is 0 Å². The van der Waals surface area contributed by atoms with E-state index in [0.717, 1.165) is 62.3 Å². The van der Waals surface area contributed by atoms with Crippen LogP contribution >= 0.6 is 11.3 Å². The third-order valence-electron chi connectivity index (χ3n) is 9.65. The fraction of sp³-hybridized carbons (Fsp3) is 0.0444. The molecule has 4 nitrogen and oxygen atoms in total. The summed E-state index contributed by atoms with van der Waals surface area (Å²) in [6.07, 6.45) is 3.86. The molecular weight excluding hydrogens is 631 g/mol. The quantitative estimate of drug-likeness (QED) is 0.185. The number of hydrogen-bond donors (Lipinski definition) is 0. The molecule has 1 aliphatic rings. The summed E-state index contributed by atoms with van der Waals surface area (Å²) in [6, 6.07) is 51.0. The van der Waals surface area contributed by atoms with E-state index in [2.05, 4.69) is 127 Å². The van der Waals surface area contributed by atoms with Crippen molar-refractivity contribution in [1.82, 2.24) is 15.0 Å². The highest BCUT2D eigenvalue weighted by Crippen LogP contribution is 2.39. The van der Waals surface area contributed by atoms with Crippen LogP contribution in [0.2, 0.25) is 0 Å². The normalized spacial score (nSPS) is 12.8. The van der Waals surface area contributed by atoms with Crippen LogP contribution in [0, 0.1) is 0 Å². The molecule has 5 heteroatoms. The topological polar surface area (TPSA) is 51.8 Å². The molecular formula is C45H29N3OS. The predicted molar refractivity (Wildman–Crippen MR) is 206 cm³/mol. The number of rotatable bonds is 5. The minimum Gasteiger partial charge on any atom is -0.456 e. The van der Waals surface area contributed by atoms with Gasteiger partial charge in [-0.3, -0.25) is 0 Å². The van der Waals surface area contributed by atoms with Crippen LogP contribution in [0.3, 0.4) is 0 Å². The molecule has 0 fully saturated rings. The zero-order valence-electron chi connectivity index (χ0n) is 27.0. The lowest BCUT2D eigenvalue weighted by Crippen LogP contribution is -2.27. The maximum absolute atomic E-state index is 6.49. The van der Waals surface area contributed by atoms with E-state index in [9.17, 15) is 0 Å². The smallest absolute Gasteiger partial charge is 0.165 e. The summed E-state index contributed by atoms with van der Waals surface area (Å²) in [5, 5.41) is 4.62. The predicted octanol–water partition coefficient (Wildman–Crippen LogP) is 10.4. The van der Waals surface area contributed by atoms with E-state index >= 15 is 0 Å². The molecule has 0 radical (unpaired) electrons. The van der Waals surface area contributed by atoms with Gasteiger partial charge in [0.1, 0.15) is 11.0 Å². The Kier molecular flexibility index (Phi) is 6.78. The van der Waals surface area contributed by atoms with Gasteiger partial charge in [-0.15, -0.1) is 11.3 Å². The minimum absolute atomic E-state index is 0.666. The summed E-state index contributed by atoms with van der Waals surface area (Å²) in [6.45, 7) is 0. The Hall–Kier alpha value is -6.17. The Morgan fingerprint density at radius 1 is 0.500 bits per heavy atom. The van der Waals surface area contributed by atoms with Crippen molar-refractivity contribution in [2.75, 3.05) is 0 Å².